The molecule has 0 saturated carbocycles. The van der Waals surface area contributed by atoms with Crippen molar-refractivity contribution >= 4 is 29.1 Å². The van der Waals surface area contributed by atoms with E-state index >= 15 is 0 Å². The molecule has 0 aliphatic carbocycles. The molecule has 2 heterocycles. The number of nitrogens with one attached hydrogen (secondary N) is 2. The highest BCUT2D eigenvalue weighted by Crippen LogP contribution is 2.28. The number of aryl methyl sites for hydroxylation is 1. The van der Waals surface area contributed by atoms with E-state index in [9.17, 15) is 0 Å². The lowest BCUT2D eigenvalue weighted by atomic mass is 10.00. The first-order valence-electron chi connectivity index (χ1n) is 12.3. The molecule has 182 valence electrons. The molecule has 36 heavy (non-hydrogen) atoms. The highest BCUT2D eigenvalue weighted by Gasteiger charge is 2.19. The van der Waals surface area contributed by atoms with Gasteiger partial charge in [0.2, 0.25) is 11.8 Å². The lowest BCUT2D eigenvalue weighted by Gasteiger charge is -2.30. The second-order valence-electron chi connectivity index (χ2n) is 8.71. The summed E-state index contributed by atoms with van der Waals surface area (Å²) in [5.74, 6) is 2.41. The zero-order chi connectivity index (χ0) is 24.6. The van der Waals surface area contributed by atoms with Crippen LogP contribution >= 0.6 is 12.2 Å². The molecular weight excluding hydrogens is 466 g/mol. The van der Waals surface area contributed by atoms with E-state index in [2.05, 4.69) is 69.0 Å². The van der Waals surface area contributed by atoms with Crippen molar-refractivity contribution in [1.29, 1.82) is 0 Å². The third kappa shape index (κ3) is 6.37. The molecule has 4 aromatic rings. The molecule has 0 fully saturated rings. The van der Waals surface area contributed by atoms with Gasteiger partial charge >= 0.3 is 0 Å². The Morgan fingerprint density at radius 2 is 1.61 bits per heavy atom. The molecule has 0 bridgehead atoms. The van der Waals surface area contributed by atoms with E-state index in [1.54, 1.807) is 0 Å². The predicted molar refractivity (Wildman–Crippen MR) is 149 cm³/mol. The van der Waals surface area contributed by atoms with E-state index in [1.165, 1.54) is 16.7 Å². The van der Waals surface area contributed by atoms with E-state index in [-0.39, 0.29) is 0 Å². The first kappa shape index (κ1) is 23.8. The van der Waals surface area contributed by atoms with Crippen molar-refractivity contribution in [2.45, 2.75) is 25.8 Å². The summed E-state index contributed by atoms with van der Waals surface area (Å²) in [4.78, 5) is 11.6. The van der Waals surface area contributed by atoms with Crippen molar-refractivity contribution in [2.75, 3.05) is 23.3 Å². The molecule has 7 heteroatoms. The van der Waals surface area contributed by atoms with Gasteiger partial charge in [0.05, 0.1) is 0 Å². The van der Waals surface area contributed by atoms with Gasteiger partial charge in [-0.05, 0) is 60.3 Å². The van der Waals surface area contributed by atoms with E-state index in [4.69, 9.17) is 21.9 Å². The topological polar surface area (TPSA) is 62.3 Å². The number of ether oxygens (including phenoxy) is 1. The number of benzene rings is 3. The molecule has 1 aliphatic rings. The monoisotopic (exact) mass is 495 g/mol. The summed E-state index contributed by atoms with van der Waals surface area (Å²) >= 11 is 5.53. The fraction of sp³-hybridized carbons (Fsp3) is 0.207. The van der Waals surface area contributed by atoms with E-state index in [0.29, 0.717) is 16.9 Å². The molecule has 5 rings (SSSR count). The van der Waals surface area contributed by atoms with Gasteiger partial charge in [0.1, 0.15) is 11.6 Å². The van der Waals surface area contributed by atoms with Gasteiger partial charge in [-0.2, -0.15) is 9.97 Å². The Morgan fingerprint density at radius 3 is 2.42 bits per heavy atom. The van der Waals surface area contributed by atoms with Gasteiger partial charge in [0.25, 0.3) is 0 Å². The number of para-hydroxylation sites is 1. The number of hydrogen-bond donors (Lipinski definition) is 2. The Hall–Kier alpha value is -3.97. The number of aromatic nitrogens is 2. The molecule has 3 aromatic carbocycles. The van der Waals surface area contributed by atoms with Gasteiger partial charge in [-0.15, -0.1) is 0 Å². The van der Waals surface area contributed by atoms with Crippen LogP contribution in [0.25, 0.3) is 0 Å². The summed E-state index contributed by atoms with van der Waals surface area (Å²) in [5, 5.41) is 6.92. The third-order valence-corrected chi connectivity index (χ3v) is 6.35. The first-order chi connectivity index (χ1) is 17.7. The number of thiocarbonyl (C=S) groups is 1. The molecule has 0 saturated heterocycles. The van der Waals surface area contributed by atoms with Gasteiger partial charge in [-0.1, -0.05) is 72.8 Å². The van der Waals surface area contributed by atoms with E-state index < -0.39 is 0 Å². The highest BCUT2D eigenvalue weighted by molar-refractivity contribution is 7.80. The fourth-order valence-corrected chi connectivity index (χ4v) is 4.46. The number of rotatable bonds is 8. The van der Waals surface area contributed by atoms with Crippen LogP contribution in [0.15, 0.2) is 91.0 Å². The maximum Gasteiger partial charge on any atom is 0.234 e. The SMILES string of the molecule is S=C(NCCCc1ccccc1)Nc1nc(Oc2ccccc2)cc(N2CCc3ccccc3C2)n1. The highest BCUT2D eigenvalue weighted by atomic mass is 32.1. The Morgan fingerprint density at radius 1 is 0.889 bits per heavy atom. The molecule has 0 amide bonds. The molecule has 1 aliphatic heterocycles. The molecule has 0 radical (unpaired) electrons. The molecule has 6 nitrogen and oxygen atoms in total. The lowest BCUT2D eigenvalue weighted by molar-refractivity contribution is 0.462. The van der Waals surface area contributed by atoms with Crippen LogP contribution in [-0.4, -0.2) is 28.2 Å². The second-order valence-corrected chi connectivity index (χ2v) is 9.12. The van der Waals surface area contributed by atoms with Crippen LogP contribution in [0.3, 0.4) is 0 Å². The normalized spacial score (nSPS) is 12.5. The van der Waals surface area contributed by atoms with Crippen LogP contribution in [0.2, 0.25) is 0 Å². The summed E-state index contributed by atoms with van der Waals surface area (Å²) in [6.07, 6.45) is 2.94. The van der Waals surface area contributed by atoms with Crippen LogP contribution in [0.5, 0.6) is 11.6 Å². The van der Waals surface area contributed by atoms with Gasteiger partial charge in [0, 0.05) is 25.7 Å². The number of hydrogen-bond acceptors (Lipinski definition) is 5. The van der Waals surface area contributed by atoms with Gasteiger partial charge in [-0.3, -0.25) is 0 Å². The van der Waals surface area contributed by atoms with Crippen LogP contribution < -0.4 is 20.3 Å². The zero-order valence-electron chi connectivity index (χ0n) is 20.1. The smallest absolute Gasteiger partial charge is 0.234 e. The average molecular weight is 496 g/mol. The van der Waals surface area contributed by atoms with Crippen molar-refractivity contribution in [3.63, 3.8) is 0 Å². The van der Waals surface area contributed by atoms with Crippen LogP contribution in [-0.2, 0) is 19.4 Å². The summed E-state index contributed by atoms with van der Waals surface area (Å²) in [5.41, 5.74) is 4.03. The zero-order valence-corrected chi connectivity index (χ0v) is 20.9. The largest absolute Gasteiger partial charge is 0.439 e. The fourth-order valence-electron chi connectivity index (χ4n) is 4.27. The minimum absolute atomic E-state index is 0.415. The predicted octanol–water partition coefficient (Wildman–Crippen LogP) is 5.75. The third-order valence-electron chi connectivity index (χ3n) is 6.11. The molecule has 0 spiro atoms. The molecule has 1 aromatic heterocycles. The van der Waals surface area contributed by atoms with Gasteiger partial charge < -0.3 is 20.3 Å². The number of fused-ring (bicyclic) bond motifs is 1. The van der Waals surface area contributed by atoms with Crippen molar-refractivity contribution in [3.05, 3.63) is 108 Å². The Kier molecular flexibility index (Phi) is 7.68. The van der Waals surface area contributed by atoms with E-state index in [1.807, 2.05) is 42.5 Å². The quantitative estimate of drug-likeness (QED) is 0.238. The van der Waals surface area contributed by atoms with Crippen LogP contribution in [0, 0.1) is 0 Å². The second kappa shape index (κ2) is 11.6. The van der Waals surface area contributed by atoms with Gasteiger partial charge in [0.15, 0.2) is 5.11 Å². The Balaban J connectivity index is 1.28. The maximum absolute atomic E-state index is 6.07. The Bertz CT molecular complexity index is 1300. The van der Waals surface area contributed by atoms with Gasteiger partial charge in [-0.25, -0.2) is 0 Å². The first-order valence-corrected chi connectivity index (χ1v) is 12.7. The summed E-state index contributed by atoms with van der Waals surface area (Å²) in [7, 11) is 0. The molecule has 2 N–H and O–H groups in total. The molecule has 0 unspecified atom stereocenters. The van der Waals surface area contributed by atoms with Crippen molar-refractivity contribution < 1.29 is 4.74 Å². The number of nitrogens with zero attached hydrogens (tertiary/aromatic N) is 3. The molecule has 0 atom stereocenters. The standard InChI is InChI=1S/C29H29N5OS/c36-29(30-18-9-12-22-10-3-1-4-11-22)33-28-31-26(20-27(32-28)35-25-15-5-2-6-16-25)34-19-17-23-13-7-8-14-24(23)21-34/h1-8,10-11,13-16,20H,9,12,17-19,21H2,(H2,30,31,32,33,36). The maximum atomic E-state index is 6.07. The summed E-state index contributed by atoms with van der Waals surface area (Å²) in [6, 6.07) is 30.5. The minimum atomic E-state index is 0.415. The average Bonchev–Trinajstić information content (AvgIpc) is 2.92. The van der Waals surface area contributed by atoms with Crippen LogP contribution in [0.1, 0.15) is 23.1 Å². The van der Waals surface area contributed by atoms with Crippen molar-refractivity contribution in [1.82, 2.24) is 15.3 Å². The van der Waals surface area contributed by atoms with E-state index in [0.717, 1.165) is 50.5 Å². The number of anilines is 2. The Labute approximate surface area is 217 Å². The minimum Gasteiger partial charge on any atom is -0.439 e. The summed E-state index contributed by atoms with van der Waals surface area (Å²) in [6.45, 7) is 2.43. The lowest BCUT2D eigenvalue weighted by Crippen LogP contribution is -2.32. The van der Waals surface area contributed by atoms with Crippen molar-refractivity contribution in [2.24, 2.45) is 0 Å². The van der Waals surface area contributed by atoms with Crippen molar-refractivity contribution in [3.8, 4) is 11.6 Å². The molecular formula is C29H29N5OS. The summed E-state index contributed by atoms with van der Waals surface area (Å²) < 4.78 is 6.07. The van der Waals surface area contributed by atoms with Crippen LogP contribution in [0.4, 0.5) is 11.8 Å².